The van der Waals surface area contributed by atoms with E-state index in [4.69, 9.17) is 32.7 Å². The molecule has 1 aromatic carbocycles. The van der Waals surface area contributed by atoms with Gasteiger partial charge in [0.2, 0.25) is 0 Å². The molecule has 1 saturated heterocycles. The van der Waals surface area contributed by atoms with Crippen LogP contribution >= 0.6 is 23.2 Å². The second kappa shape index (κ2) is 6.10. The zero-order valence-corrected chi connectivity index (χ0v) is 13.1. The molecule has 2 heterocycles. The van der Waals surface area contributed by atoms with Gasteiger partial charge in [0.15, 0.2) is 0 Å². The van der Waals surface area contributed by atoms with Crippen LogP contribution in [0.15, 0.2) is 12.1 Å². The van der Waals surface area contributed by atoms with E-state index < -0.39 is 0 Å². The number of fused-ring (bicyclic) bond motifs is 1. The average Bonchev–Trinajstić information content (AvgIpc) is 2.86. The van der Waals surface area contributed by atoms with Gasteiger partial charge in [-0.1, -0.05) is 11.6 Å². The summed E-state index contributed by atoms with van der Waals surface area (Å²) in [6.45, 7) is 5.45. The number of hydrogen-bond donors (Lipinski definition) is 0. The van der Waals surface area contributed by atoms with Crippen molar-refractivity contribution < 1.29 is 9.47 Å². The first-order chi connectivity index (χ1) is 9.65. The summed E-state index contributed by atoms with van der Waals surface area (Å²) in [4.78, 5) is 2.37. The summed E-state index contributed by atoms with van der Waals surface area (Å²) in [5.41, 5.74) is 2.40. The molecule has 3 nitrogen and oxygen atoms in total. The molecule has 0 radical (unpaired) electrons. The minimum absolute atomic E-state index is 0.105. The lowest BCUT2D eigenvalue weighted by molar-refractivity contribution is -0.0690. The molecule has 3 rings (SSSR count). The van der Waals surface area contributed by atoms with E-state index >= 15 is 0 Å². The predicted molar refractivity (Wildman–Crippen MR) is 81.0 cm³/mol. The van der Waals surface area contributed by atoms with Crippen LogP contribution in [-0.2, 0) is 17.7 Å². The highest BCUT2D eigenvalue weighted by Gasteiger charge is 2.26. The fourth-order valence-electron chi connectivity index (χ4n) is 3.06. The number of ether oxygens (including phenoxy) is 2. The minimum Gasteiger partial charge on any atom is -0.493 e. The van der Waals surface area contributed by atoms with Crippen molar-refractivity contribution in [2.24, 2.45) is 0 Å². The number of benzene rings is 1. The summed E-state index contributed by atoms with van der Waals surface area (Å²) in [7, 11) is 0. The lowest BCUT2D eigenvalue weighted by Crippen LogP contribution is -2.46. The highest BCUT2D eigenvalue weighted by atomic mass is 35.5. The molecule has 20 heavy (non-hydrogen) atoms. The van der Waals surface area contributed by atoms with E-state index in [1.165, 1.54) is 11.1 Å². The van der Waals surface area contributed by atoms with Gasteiger partial charge in [-0.25, -0.2) is 0 Å². The normalized spacial score (nSPS) is 26.4. The van der Waals surface area contributed by atoms with Crippen LogP contribution in [0.1, 0.15) is 18.1 Å². The predicted octanol–water partition coefficient (Wildman–Crippen LogP) is 3.10. The zero-order valence-electron chi connectivity index (χ0n) is 11.6. The standard InChI is InChI=1S/C15H19Cl2NO2/c1-10-7-18(9-14(6-16)20-10)8-12-5-13(17)4-11-2-3-19-15(11)12/h4-5,10,14H,2-3,6-9H2,1H3. The Hall–Kier alpha value is -0.480. The van der Waals surface area contributed by atoms with E-state index in [9.17, 15) is 0 Å². The molecule has 5 heteroatoms. The molecule has 0 amide bonds. The van der Waals surface area contributed by atoms with Gasteiger partial charge >= 0.3 is 0 Å². The molecular weight excluding hydrogens is 297 g/mol. The Kier molecular flexibility index (Phi) is 4.41. The molecule has 0 bridgehead atoms. The molecule has 1 aromatic rings. The summed E-state index contributed by atoms with van der Waals surface area (Å²) in [6, 6.07) is 4.03. The third kappa shape index (κ3) is 3.06. The smallest absolute Gasteiger partial charge is 0.127 e. The Balaban J connectivity index is 1.77. The van der Waals surface area contributed by atoms with Crippen LogP contribution in [0.25, 0.3) is 0 Å². The number of rotatable bonds is 3. The average molecular weight is 316 g/mol. The SMILES string of the molecule is CC1CN(Cc2cc(Cl)cc3c2OCC3)CC(CCl)O1. The quantitative estimate of drug-likeness (QED) is 0.800. The molecule has 0 N–H and O–H groups in total. The van der Waals surface area contributed by atoms with Crippen LogP contribution in [0.5, 0.6) is 5.75 Å². The molecule has 2 atom stereocenters. The van der Waals surface area contributed by atoms with Crippen molar-refractivity contribution in [2.45, 2.75) is 32.1 Å². The summed E-state index contributed by atoms with van der Waals surface area (Å²) >= 11 is 12.1. The molecular formula is C15H19Cl2NO2. The first-order valence-electron chi connectivity index (χ1n) is 7.03. The second-order valence-electron chi connectivity index (χ2n) is 5.57. The van der Waals surface area contributed by atoms with Crippen molar-refractivity contribution in [1.82, 2.24) is 4.90 Å². The lowest BCUT2D eigenvalue weighted by atomic mass is 10.1. The Labute approximate surface area is 129 Å². The molecule has 0 saturated carbocycles. The molecule has 0 aromatic heterocycles. The van der Waals surface area contributed by atoms with Gasteiger partial charge in [-0.05, 0) is 24.6 Å². The highest BCUT2D eigenvalue weighted by Crippen LogP contribution is 2.34. The van der Waals surface area contributed by atoms with Crippen molar-refractivity contribution in [1.29, 1.82) is 0 Å². The van der Waals surface area contributed by atoms with Crippen molar-refractivity contribution in [3.8, 4) is 5.75 Å². The molecule has 0 aliphatic carbocycles. The molecule has 0 spiro atoms. The molecule has 1 fully saturated rings. The van der Waals surface area contributed by atoms with Gasteiger partial charge in [0.25, 0.3) is 0 Å². The second-order valence-corrected chi connectivity index (χ2v) is 6.31. The van der Waals surface area contributed by atoms with Gasteiger partial charge in [0.1, 0.15) is 5.75 Å². The van der Waals surface area contributed by atoms with E-state index in [0.29, 0.717) is 5.88 Å². The molecule has 110 valence electrons. The van der Waals surface area contributed by atoms with Crippen molar-refractivity contribution in [2.75, 3.05) is 25.6 Å². The summed E-state index contributed by atoms with van der Waals surface area (Å²) in [6.07, 6.45) is 1.27. The molecule has 2 aliphatic rings. The van der Waals surface area contributed by atoms with Crippen LogP contribution in [0.3, 0.4) is 0 Å². The molecule has 2 unspecified atom stereocenters. The van der Waals surface area contributed by atoms with Crippen molar-refractivity contribution in [3.05, 3.63) is 28.3 Å². The first kappa shape index (κ1) is 14.5. The van der Waals surface area contributed by atoms with E-state index in [1.807, 2.05) is 12.1 Å². The van der Waals surface area contributed by atoms with Crippen LogP contribution in [0.4, 0.5) is 0 Å². The minimum atomic E-state index is 0.105. The highest BCUT2D eigenvalue weighted by molar-refractivity contribution is 6.30. The number of alkyl halides is 1. The van der Waals surface area contributed by atoms with Gasteiger partial charge in [-0.15, -0.1) is 11.6 Å². The summed E-state index contributed by atoms with van der Waals surface area (Å²) < 4.78 is 11.6. The third-order valence-electron chi connectivity index (χ3n) is 3.79. The van der Waals surface area contributed by atoms with Gasteiger partial charge in [-0.3, -0.25) is 4.90 Å². The third-order valence-corrected chi connectivity index (χ3v) is 4.36. The summed E-state index contributed by atoms with van der Waals surface area (Å²) in [5.74, 6) is 1.56. The van der Waals surface area contributed by atoms with Crippen LogP contribution in [-0.4, -0.2) is 42.7 Å². The van der Waals surface area contributed by atoms with Crippen LogP contribution in [0, 0.1) is 0 Å². The van der Waals surface area contributed by atoms with E-state index in [1.54, 1.807) is 0 Å². The fourth-order valence-corrected chi connectivity index (χ4v) is 3.49. The number of nitrogens with zero attached hydrogens (tertiary/aromatic N) is 1. The largest absolute Gasteiger partial charge is 0.493 e. The zero-order chi connectivity index (χ0) is 14.1. The van der Waals surface area contributed by atoms with Gasteiger partial charge in [0, 0.05) is 42.5 Å². The van der Waals surface area contributed by atoms with Crippen LogP contribution < -0.4 is 4.74 Å². The maximum atomic E-state index is 6.21. The number of morpholine rings is 1. The summed E-state index contributed by atoms with van der Waals surface area (Å²) in [5, 5.41) is 0.791. The monoisotopic (exact) mass is 315 g/mol. The van der Waals surface area contributed by atoms with Crippen molar-refractivity contribution >= 4 is 23.2 Å². The van der Waals surface area contributed by atoms with Crippen molar-refractivity contribution in [3.63, 3.8) is 0 Å². The Morgan fingerprint density at radius 1 is 1.35 bits per heavy atom. The number of halogens is 2. The van der Waals surface area contributed by atoms with E-state index in [2.05, 4.69) is 11.8 Å². The Morgan fingerprint density at radius 2 is 2.20 bits per heavy atom. The van der Waals surface area contributed by atoms with Gasteiger partial charge in [-0.2, -0.15) is 0 Å². The number of hydrogen-bond acceptors (Lipinski definition) is 3. The van der Waals surface area contributed by atoms with E-state index in [-0.39, 0.29) is 12.2 Å². The maximum Gasteiger partial charge on any atom is 0.127 e. The van der Waals surface area contributed by atoms with Gasteiger partial charge < -0.3 is 9.47 Å². The first-order valence-corrected chi connectivity index (χ1v) is 7.95. The lowest BCUT2D eigenvalue weighted by Gasteiger charge is -2.36. The van der Waals surface area contributed by atoms with Crippen LogP contribution in [0.2, 0.25) is 5.02 Å². The Morgan fingerprint density at radius 3 is 3.00 bits per heavy atom. The van der Waals surface area contributed by atoms with E-state index in [0.717, 1.165) is 43.4 Å². The van der Waals surface area contributed by atoms with Gasteiger partial charge in [0.05, 0.1) is 18.8 Å². The fraction of sp³-hybridized carbons (Fsp3) is 0.600. The Bertz CT molecular complexity index is 495. The molecule has 2 aliphatic heterocycles. The maximum absolute atomic E-state index is 6.21. The topological polar surface area (TPSA) is 21.7 Å².